The van der Waals surface area contributed by atoms with Crippen molar-refractivity contribution in [1.82, 2.24) is 15.5 Å². The molecule has 2 fully saturated rings. The Kier molecular flexibility index (Phi) is 3.90. The molecule has 2 rings (SSSR count). The van der Waals surface area contributed by atoms with Gasteiger partial charge in [-0.1, -0.05) is 0 Å². The van der Waals surface area contributed by atoms with Crippen molar-refractivity contribution in [1.29, 1.82) is 0 Å². The van der Waals surface area contributed by atoms with Crippen molar-refractivity contribution < 1.29 is 9.59 Å². The molecule has 0 aliphatic carbocycles. The van der Waals surface area contributed by atoms with Crippen molar-refractivity contribution in [3.8, 4) is 0 Å². The first-order valence-corrected chi connectivity index (χ1v) is 6.05. The number of hydrogen-bond acceptors (Lipinski definition) is 4. The average molecular weight is 225 g/mol. The van der Waals surface area contributed by atoms with Crippen LogP contribution < -0.4 is 10.6 Å². The Bertz CT molecular complexity index is 274. The van der Waals surface area contributed by atoms with Crippen LogP contribution in [0.3, 0.4) is 0 Å². The molecule has 2 amide bonds. The Morgan fingerprint density at radius 1 is 1.31 bits per heavy atom. The zero-order valence-electron chi connectivity index (χ0n) is 9.50. The molecular formula is C11H19N3O2. The predicted octanol–water partition coefficient (Wildman–Crippen LogP) is -0.523. The van der Waals surface area contributed by atoms with Gasteiger partial charge in [0.25, 0.3) is 0 Å². The maximum Gasteiger partial charge on any atom is 0.243 e. The minimum atomic E-state index is -0.180. The molecule has 2 N–H and O–H groups in total. The summed E-state index contributed by atoms with van der Waals surface area (Å²) >= 11 is 0. The SMILES string of the molecule is O=C1CCC(NCCN2CCCC2)C(=O)N1. The van der Waals surface area contributed by atoms with Crippen LogP contribution in [0.5, 0.6) is 0 Å². The normalized spacial score (nSPS) is 27.1. The van der Waals surface area contributed by atoms with E-state index < -0.39 is 0 Å². The van der Waals surface area contributed by atoms with Crippen LogP contribution in [0.4, 0.5) is 0 Å². The first kappa shape index (κ1) is 11.5. The van der Waals surface area contributed by atoms with Crippen LogP contribution in [0, 0.1) is 0 Å². The van der Waals surface area contributed by atoms with E-state index in [4.69, 9.17) is 0 Å². The van der Waals surface area contributed by atoms with Gasteiger partial charge in [-0.15, -0.1) is 0 Å². The highest BCUT2D eigenvalue weighted by Crippen LogP contribution is 2.07. The fourth-order valence-corrected chi connectivity index (χ4v) is 2.29. The molecule has 2 aliphatic rings. The topological polar surface area (TPSA) is 61.4 Å². The van der Waals surface area contributed by atoms with Crippen LogP contribution in [0.25, 0.3) is 0 Å². The largest absolute Gasteiger partial charge is 0.305 e. The van der Waals surface area contributed by atoms with Crippen molar-refractivity contribution in [2.75, 3.05) is 26.2 Å². The molecule has 90 valence electrons. The second-order valence-corrected chi connectivity index (χ2v) is 4.51. The summed E-state index contributed by atoms with van der Waals surface area (Å²) in [6.45, 7) is 4.18. The fraction of sp³-hybridized carbons (Fsp3) is 0.818. The molecule has 0 aromatic heterocycles. The molecular weight excluding hydrogens is 206 g/mol. The highest BCUT2D eigenvalue weighted by molar-refractivity contribution is 6.00. The van der Waals surface area contributed by atoms with Crippen molar-refractivity contribution >= 4 is 11.8 Å². The van der Waals surface area contributed by atoms with Gasteiger partial charge in [-0.05, 0) is 32.4 Å². The second kappa shape index (κ2) is 5.41. The number of nitrogens with zero attached hydrogens (tertiary/aromatic N) is 1. The number of nitrogens with one attached hydrogen (secondary N) is 2. The van der Waals surface area contributed by atoms with Gasteiger partial charge in [0.1, 0.15) is 0 Å². The minimum Gasteiger partial charge on any atom is -0.305 e. The van der Waals surface area contributed by atoms with Crippen LogP contribution >= 0.6 is 0 Å². The minimum absolute atomic E-state index is 0.150. The third-order valence-electron chi connectivity index (χ3n) is 3.26. The Labute approximate surface area is 95.6 Å². The van der Waals surface area contributed by atoms with Gasteiger partial charge in [0.2, 0.25) is 11.8 Å². The van der Waals surface area contributed by atoms with Gasteiger partial charge in [0.15, 0.2) is 0 Å². The zero-order chi connectivity index (χ0) is 11.4. The van der Waals surface area contributed by atoms with Crippen LogP contribution in [0.2, 0.25) is 0 Å². The molecule has 2 aliphatic heterocycles. The third-order valence-corrected chi connectivity index (χ3v) is 3.26. The van der Waals surface area contributed by atoms with E-state index in [1.165, 1.54) is 25.9 Å². The first-order chi connectivity index (χ1) is 7.75. The molecule has 0 aromatic rings. The van der Waals surface area contributed by atoms with Gasteiger partial charge in [-0.2, -0.15) is 0 Å². The number of carbonyl (C=O) groups excluding carboxylic acids is 2. The molecule has 1 atom stereocenters. The predicted molar refractivity (Wildman–Crippen MR) is 59.8 cm³/mol. The lowest BCUT2D eigenvalue weighted by Crippen LogP contribution is -2.51. The van der Waals surface area contributed by atoms with Crippen LogP contribution in [-0.2, 0) is 9.59 Å². The smallest absolute Gasteiger partial charge is 0.243 e. The first-order valence-electron chi connectivity index (χ1n) is 6.05. The van der Waals surface area contributed by atoms with E-state index in [0.29, 0.717) is 12.8 Å². The number of amides is 2. The summed E-state index contributed by atoms with van der Waals surface area (Å²) in [7, 11) is 0. The number of carbonyl (C=O) groups is 2. The van der Waals surface area contributed by atoms with Gasteiger partial charge in [-0.25, -0.2) is 0 Å². The summed E-state index contributed by atoms with van der Waals surface area (Å²) in [5, 5.41) is 5.57. The Morgan fingerprint density at radius 3 is 2.75 bits per heavy atom. The van der Waals surface area contributed by atoms with Crippen LogP contribution in [0.15, 0.2) is 0 Å². The fourth-order valence-electron chi connectivity index (χ4n) is 2.29. The summed E-state index contributed by atoms with van der Waals surface area (Å²) < 4.78 is 0. The monoisotopic (exact) mass is 225 g/mol. The Morgan fingerprint density at radius 2 is 2.06 bits per heavy atom. The van der Waals surface area contributed by atoms with Gasteiger partial charge >= 0.3 is 0 Å². The lowest BCUT2D eigenvalue weighted by atomic mass is 10.1. The molecule has 0 bridgehead atoms. The van der Waals surface area contributed by atoms with Crippen molar-refractivity contribution in [2.45, 2.75) is 31.7 Å². The number of piperidine rings is 1. The van der Waals surface area contributed by atoms with E-state index >= 15 is 0 Å². The van der Waals surface area contributed by atoms with Crippen molar-refractivity contribution in [2.24, 2.45) is 0 Å². The van der Waals surface area contributed by atoms with E-state index in [1.807, 2.05) is 0 Å². The van der Waals surface area contributed by atoms with E-state index in [9.17, 15) is 9.59 Å². The van der Waals surface area contributed by atoms with E-state index in [0.717, 1.165) is 13.1 Å². The summed E-state index contributed by atoms with van der Waals surface area (Å²) in [5.41, 5.74) is 0. The van der Waals surface area contributed by atoms with E-state index in [2.05, 4.69) is 15.5 Å². The van der Waals surface area contributed by atoms with Gasteiger partial charge in [-0.3, -0.25) is 14.9 Å². The molecule has 5 heteroatoms. The summed E-state index contributed by atoms with van der Waals surface area (Å²) in [4.78, 5) is 24.8. The highest BCUT2D eigenvalue weighted by atomic mass is 16.2. The maximum atomic E-state index is 11.4. The maximum absolute atomic E-state index is 11.4. The lowest BCUT2D eigenvalue weighted by Gasteiger charge is -2.23. The van der Waals surface area contributed by atoms with Crippen molar-refractivity contribution in [3.05, 3.63) is 0 Å². The zero-order valence-corrected chi connectivity index (χ0v) is 9.50. The van der Waals surface area contributed by atoms with Crippen LogP contribution in [0.1, 0.15) is 25.7 Å². The molecule has 1 unspecified atom stereocenters. The average Bonchev–Trinajstić information content (AvgIpc) is 2.74. The lowest BCUT2D eigenvalue weighted by molar-refractivity contribution is -0.134. The number of hydrogen-bond donors (Lipinski definition) is 2. The van der Waals surface area contributed by atoms with Gasteiger partial charge in [0, 0.05) is 19.5 Å². The van der Waals surface area contributed by atoms with E-state index in [-0.39, 0.29) is 17.9 Å². The molecule has 0 radical (unpaired) electrons. The van der Waals surface area contributed by atoms with Gasteiger partial charge < -0.3 is 10.2 Å². The molecule has 2 saturated heterocycles. The molecule has 5 nitrogen and oxygen atoms in total. The third kappa shape index (κ3) is 3.02. The van der Waals surface area contributed by atoms with Crippen LogP contribution in [-0.4, -0.2) is 48.9 Å². The number of imide groups is 1. The van der Waals surface area contributed by atoms with E-state index in [1.54, 1.807) is 0 Å². The number of likely N-dealkylation sites (tertiary alicyclic amines) is 1. The molecule has 2 heterocycles. The Balaban J connectivity index is 1.65. The summed E-state index contributed by atoms with van der Waals surface area (Å²) in [6.07, 6.45) is 3.66. The Hall–Kier alpha value is -0.940. The molecule has 0 saturated carbocycles. The highest BCUT2D eigenvalue weighted by Gasteiger charge is 2.25. The van der Waals surface area contributed by atoms with Gasteiger partial charge in [0.05, 0.1) is 6.04 Å². The molecule has 0 aromatic carbocycles. The quantitative estimate of drug-likeness (QED) is 0.632. The standard InChI is InChI=1S/C11H19N3O2/c15-10-4-3-9(11(16)13-10)12-5-8-14-6-1-2-7-14/h9,12H,1-8H2,(H,13,15,16). The van der Waals surface area contributed by atoms with Crippen molar-refractivity contribution in [3.63, 3.8) is 0 Å². The summed E-state index contributed by atoms with van der Waals surface area (Å²) in [6, 6.07) is -0.180. The second-order valence-electron chi connectivity index (χ2n) is 4.51. The summed E-state index contributed by atoms with van der Waals surface area (Å²) in [5.74, 6) is -0.319. The molecule has 0 spiro atoms. The number of rotatable bonds is 4. The molecule has 16 heavy (non-hydrogen) atoms.